The van der Waals surface area contributed by atoms with Gasteiger partial charge in [0.2, 0.25) is 5.82 Å². The average Bonchev–Trinajstić information content (AvgIpc) is 2.83. The van der Waals surface area contributed by atoms with Crippen LogP contribution in [0.25, 0.3) is 5.52 Å². The SMILES string of the molecule is C=CCNC(=O)c1nc(C(=O)NC2CCCCCC2)c2ccccn12. The summed E-state index contributed by atoms with van der Waals surface area (Å²) in [6.07, 6.45) is 10.1. The summed E-state index contributed by atoms with van der Waals surface area (Å²) in [5.41, 5.74) is 0.936. The highest BCUT2D eigenvalue weighted by atomic mass is 16.2. The van der Waals surface area contributed by atoms with Crippen LogP contribution in [0.15, 0.2) is 37.1 Å². The summed E-state index contributed by atoms with van der Waals surface area (Å²) in [4.78, 5) is 29.4. The highest BCUT2D eigenvalue weighted by Gasteiger charge is 2.23. The molecule has 0 radical (unpaired) electrons. The summed E-state index contributed by atoms with van der Waals surface area (Å²) in [6.45, 7) is 3.94. The second-order valence-electron chi connectivity index (χ2n) is 6.40. The van der Waals surface area contributed by atoms with Crippen LogP contribution >= 0.6 is 0 Å². The van der Waals surface area contributed by atoms with E-state index >= 15 is 0 Å². The third kappa shape index (κ3) is 3.90. The third-order valence-corrected chi connectivity index (χ3v) is 4.56. The molecular weight excluding hydrogens is 316 g/mol. The van der Waals surface area contributed by atoms with Gasteiger partial charge in [-0.05, 0) is 25.0 Å². The molecule has 1 saturated carbocycles. The van der Waals surface area contributed by atoms with E-state index < -0.39 is 0 Å². The molecule has 1 fully saturated rings. The lowest BCUT2D eigenvalue weighted by Crippen LogP contribution is -2.34. The summed E-state index contributed by atoms with van der Waals surface area (Å²) in [7, 11) is 0. The van der Waals surface area contributed by atoms with Gasteiger partial charge in [0.05, 0.1) is 5.52 Å². The van der Waals surface area contributed by atoms with Gasteiger partial charge in [-0.25, -0.2) is 4.98 Å². The molecule has 0 atom stereocenters. The number of fused-ring (bicyclic) bond motifs is 1. The van der Waals surface area contributed by atoms with Crippen molar-refractivity contribution in [2.45, 2.75) is 44.6 Å². The number of pyridine rings is 1. The van der Waals surface area contributed by atoms with Crippen LogP contribution in [0.2, 0.25) is 0 Å². The van der Waals surface area contributed by atoms with Gasteiger partial charge in [0.15, 0.2) is 5.69 Å². The Hall–Kier alpha value is -2.63. The van der Waals surface area contributed by atoms with Gasteiger partial charge in [-0.15, -0.1) is 6.58 Å². The predicted octanol–water partition coefficient (Wildman–Crippen LogP) is 2.70. The second kappa shape index (κ2) is 7.96. The van der Waals surface area contributed by atoms with E-state index in [2.05, 4.69) is 22.2 Å². The van der Waals surface area contributed by atoms with Crippen LogP contribution in [0.4, 0.5) is 0 Å². The minimum atomic E-state index is -0.324. The van der Waals surface area contributed by atoms with Crippen LogP contribution in [0, 0.1) is 0 Å². The first-order valence-electron chi connectivity index (χ1n) is 8.87. The molecule has 2 amide bonds. The van der Waals surface area contributed by atoms with Crippen molar-refractivity contribution in [2.24, 2.45) is 0 Å². The molecule has 132 valence electrons. The van der Waals surface area contributed by atoms with E-state index in [4.69, 9.17) is 0 Å². The summed E-state index contributed by atoms with van der Waals surface area (Å²) in [5.74, 6) is -0.323. The maximum Gasteiger partial charge on any atom is 0.287 e. The van der Waals surface area contributed by atoms with E-state index in [1.165, 1.54) is 12.8 Å². The van der Waals surface area contributed by atoms with E-state index in [0.29, 0.717) is 17.8 Å². The van der Waals surface area contributed by atoms with Crippen molar-refractivity contribution < 1.29 is 9.59 Å². The number of rotatable bonds is 5. The number of carbonyl (C=O) groups is 2. The summed E-state index contributed by atoms with van der Waals surface area (Å²) < 4.78 is 1.65. The first-order chi connectivity index (χ1) is 12.2. The molecule has 2 heterocycles. The molecule has 1 aliphatic carbocycles. The third-order valence-electron chi connectivity index (χ3n) is 4.56. The normalized spacial score (nSPS) is 15.5. The van der Waals surface area contributed by atoms with E-state index in [1.54, 1.807) is 22.7 Å². The van der Waals surface area contributed by atoms with Gasteiger partial charge in [-0.1, -0.05) is 37.8 Å². The largest absolute Gasteiger partial charge is 0.348 e. The Morgan fingerprint density at radius 1 is 1.20 bits per heavy atom. The van der Waals surface area contributed by atoms with Crippen molar-refractivity contribution in [1.82, 2.24) is 20.0 Å². The number of hydrogen-bond acceptors (Lipinski definition) is 3. The van der Waals surface area contributed by atoms with Crippen molar-refractivity contribution >= 4 is 17.3 Å². The Morgan fingerprint density at radius 3 is 2.68 bits per heavy atom. The van der Waals surface area contributed by atoms with Gasteiger partial charge in [0, 0.05) is 18.8 Å². The molecule has 6 heteroatoms. The molecule has 2 aromatic rings. The fourth-order valence-corrected chi connectivity index (χ4v) is 3.29. The van der Waals surface area contributed by atoms with Crippen molar-refractivity contribution in [3.8, 4) is 0 Å². The van der Waals surface area contributed by atoms with Gasteiger partial charge in [-0.3, -0.25) is 14.0 Å². The number of hydrogen-bond donors (Lipinski definition) is 2. The van der Waals surface area contributed by atoms with Gasteiger partial charge in [-0.2, -0.15) is 0 Å². The molecule has 0 aliphatic heterocycles. The standard InChI is InChI=1S/C19H24N4O2/c1-2-12-20-19(25)17-22-16(15-11-7-8-13-23(15)17)18(24)21-14-9-5-3-4-6-10-14/h2,7-8,11,13-14H,1,3-6,9-10,12H2,(H,20,25)(H,21,24). The van der Waals surface area contributed by atoms with Crippen LogP contribution in [-0.4, -0.2) is 33.8 Å². The Morgan fingerprint density at radius 2 is 1.96 bits per heavy atom. The summed E-state index contributed by atoms with van der Waals surface area (Å²) in [5, 5.41) is 5.81. The Kier molecular flexibility index (Phi) is 5.48. The van der Waals surface area contributed by atoms with Gasteiger partial charge >= 0.3 is 0 Å². The molecule has 2 aromatic heterocycles. The molecule has 2 N–H and O–H groups in total. The first-order valence-corrected chi connectivity index (χ1v) is 8.87. The second-order valence-corrected chi connectivity index (χ2v) is 6.40. The predicted molar refractivity (Wildman–Crippen MR) is 96.7 cm³/mol. The quantitative estimate of drug-likeness (QED) is 0.649. The Bertz CT molecular complexity index is 773. The molecule has 0 spiro atoms. The van der Waals surface area contributed by atoms with Crippen molar-refractivity contribution in [3.63, 3.8) is 0 Å². The van der Waals surface area contributed by atoms with E-state index in [1.807, 2.05) is 12.1 Å². The average molecular weight is 340 g/mol. The van der Waals surface area contributed by atoms with Gasteiger partial charge in [0.1, 0.15) is 0 Å². The van der Waals surface area contributed by atoms with Gasteiger partial charge in [0.25, 0.3) is 11.8 Å². The van der Waals surface area contributed by atoms with E-state index in [9.17, 15) is 9.59 Å². The molecule has 25 heavy (non-hydrogen) atoms. The molecule has 0 saturated heterocycles. The van der Waals surface area contributed by atoms with Crippen LogP contribution in [-0.2, 0) is 0 Å². The number of nitrogens with one attached hydrogen (secondary N) is 2. The monoisotopic (exact) mass is 340 g/mol. The molecule has 0 bridgehead atoms. The lowest BCUT2D eigenvalue weighted by atomic mass is 10.1. The highest BCUT2D eigenvalue weighted by Crippen LogP contribution is 2.19. The fraction of sp³-hybridized carbons (Fsp3) is 0.421. The number of carbonyl (C=O) groups excluding carboxylic acids is 2. The van der Waals surface area contributed by atoms with Gasteiger partial charge < -0.3 is 10.6 Å². The van der Waals surface area contributed by atoms with Crippen molar-refractivity contribution in [2.75, 3.05) is 6.54 Å². The van der Waals surface area contributed by atoms with Crippen LogP contribution in [0.5, 0.6) is 0 Å². The molecule has 1 aliphatic rings. The summed E-state index contributed by atoms with van der Waals surface area (Å²) in [6, 6.07) is 5.64. The Balaban J connectivity index is 1.86. The topological polar surface area (TPSA) is 75.5 Å². The molecule has 0 unspecified atom stereocenters. The van der Waals surface area contributed by atoms with E-state index in [0.717, 1.165) is 25.7 Å². The zero-order valence-electron chi connectivity index (χ0n) is 14.3. The number of nitrogens with zero attached hydrogens (tertiary/aromatic N) is 2. The lowest BCUT2D eigenvalue weighted by Gasteiger charge is -2.15. The fourth-order valence-electron chi connectivity index (χ4n) is 3.29. The number of imidazole rings is 1. The molecule has 6 nitrogen and oxygen atoms in total. The summed E-state index contributed by atoms with van der Waals surface area (Å²) >= 11 is 0. The molecular formula is C19H24N4O2. The van der Waals surface area contributed by atoms with E-state index in [-0.39, 0.29) is 23.7 Å². The van der Waals surface area contributed by atoms with Crippen molar-refractivity contribution in [3.05, 3.63) is 48.6 Å². The lowest BCUT2D eigenvalue weighted by molar-refractivity contribution is 0.0930. The Labute approximate surface area is 147 Å². The maximum absolute atomic E-state index is 12.8. The maximum atomic E-state index is 12.8. The zero-order valence-corrected chi connectivity index (χ0v) is 14.3. The first kappa shape index (κ1) is 17.2. The highest BCUT2D eigenvalue weighted by molar-refractivity contribution is 6.02. The molecule has 3 rings (SSSR count). The molecule has 0 aromatic carbocycles. The van der Waals surface area contributed by atoms with Crippen LogP contribution in [0.1, 0.15) is 59.6 Å². The minimum absolute atomic E-state index is 0.188. The number of amides is 2. The number of aromatic nitrogens is 2. The smallest absolute Gasteiger partial charge is 0.287 e. The minimum Gasteiger partial charge on any atom is -0.348 e. The van der Waals surface area contributed by atoms with Crippen molar-refractivity contribution in [1.29, 1.82) is 0 Å². The van der Waals surface area contributed by atoms with Crippen LogP contribution < -0.4 is 10.6 Å². The zero-order chi connectivity index (χ0) is 17.6. The van der Waals surface area contributed by atoms with Crippen LogP contribution in [0.3, 0.4) is 0 Å².